The van der Waals surface area contributed by atoms with Gasteiger partial charge in [-0.1, -0.05) is 43.5 Å². The molecule has 2 nitrogen and oxygen atoms in total. The van der Waals surface area contributed by atoms with Gasteiger partial charge in [-0.2, -0.15) is 0 Å². The number of aliphatic hydroxyl groups is 1. The molecule has 3 aliphatic rings. The molecular formula is C19H27NO. The fourth-order valence-electron chi connectivity index (χ4n) is 5.03. The van der Waals surface area contributed by atoms with Gasteiger partial charge in [0.2, 0.25) is 0 Å². The van der Waals surface area contributed by atoms with Gasteiger partial charge in [-0.25, -0.2) is 0 Å². The molecule has 0 spiro atoms. The molecule has 1 aliphatic heterocycles. The molecule has 2 fully saturated rings. The highest BCUT2D eigenvalue weighted by atomic mass is 16.3. The second-order valence-corrected chi connectivity index (χ2v) is 7.34. The first-order valence-electron chi connectivity index (χ1n) is 8.83. The lowest BCUT2D eigenvalue weighted by molar-refractivity contribution is -0.0100. The molecule has 21 heavy (non-hydrogen) atoms. The maximum absolute atomic E-state index is 10.8. The van der Waals surface area contributed by atoms with Gasteiger partial charge in [0, 0.05) is 12.6 Å². The number of benzene rings is 1. The van der Waals surface area contributed by atoms with Gasteiger partial charge in [0.05, 0.1) is 6.10 Å². The van der Waals surface area contributed by atoms with E-state index < -0.39 is 0 Å². The van der Waals surface area contributed by atoms with Crippen molar-refractivity contribution in [2.24, 2.45) is 11.8 Å². The summed E-state index contributed by atoms with van der Waals surface area (Å²) in [7, 11) is 0. The number of hydrogen-bond acceptors (Lipinski definition) is 2. The summed E-state index contributed by atoms with van der Waals surface area (Å²) in [5.41, 5.74) is 2.54. The van der Waals surface area contributed by atoms with Gasteiger partial charge in [0.1, 0.15) is 0 Å². The number of nitrogens with zero attached hydrogens (tertiary/aromatic N) is 1. The molecule has 0 amide bonds. The molecule has 0 aromatic heterocycles. The van der Waals surface area contributed by atoms with E-state index in [1.54, 1.807) is 0 Å². The monoisotopic (exact) mass is 285 g/mol. The summed E-state index contributed by atoms with van der Waals surface area (Å²) in [6, 6.07) is 8.82. The highest BCUT2D eigenvalue weighted by Crippen LogP contribution is 2.40. The van der Waals surface area contributed by atoms with E-state index in [0.29, 0.717) is 6.04 Å². The standard InChI is InChI=1S/C19H27NO/c21-19-17-8-4-3-6-15(17)9-10-18(19)20-12-11-14-5-1-2-7-16(14)13-20/h3-4,6,8,14,16,18-19,21H,1-2,5,7,9-13H2. The lowest BCUT2D eigenvalue weighted by atomic mass is 9.74. The number of aliphatic hydroxyl groups excluding tert-OH is 1. The molecule has 0 bridgehead atoms. The quantitative estimate of drug-likeness (QED) is 0.853. The van der Waals surface area contributed by atoms with Crippen LogP contribution in [0.5, 0.6) is 0 Å². The van der Waals surface area contributed by atoms with Gasteiger partial charge in [0.15, 0.2) is 0 Å². The second kappa shape index (κ2) is 5.73. The van der Waals surface area contributed by atoms with E-state index in [1.165, 1.54) is 56.3 Å². The van der Waals surface area contributed by atoms with E-state index in [2.05, 4.69) is 29.2 Å². The van der Waals surface area contributed by atoms with Crippen molar-refractivity contribution in [2.45, 2.75) is 57.1 Å². The lowest BCUT2D eigenvalue weighted by Crippen LogP contribution is -2.50. The number of rotatable bonds is 1. The molecule has 1 aromatic carbocycles. The maximum Gasteiger partial charge on any atom is 0.0947 e. The molecular weight excluding hydrogens is 258 g/mol. The Kier molecular flexibility index (Phi) is 3.76. The Bertz CT molecular complexity index is 500. The summed E-state index contributed by atoms with van der Waals surface area (Å²) in [5.74, 6) is 1.87. The highest BCUT2D eigenvalue weighted by molar-refractivity contribution is 5.32. The smallest absolute Gasteiger partial charge is 0.0947 e. The SMILES string of the molecule is OC1c2ccccc2CCC1N1CCC2CCCCC2C1. The Balaban J connectivity index is 1.50. The highest BCUT2D eigenvalue weighted by Gasteiger charge is 2.38. The third-order valence-electron chi connectivity index (χ3n) is 6.24. The van der Waals surface area contributed by atoms with Gasteiger partial charge in [-0.15, -0.1) is 0 Å². The van der Waals surface area contributed by atoms with Crippen LogP contribution in [0.4, 0.5) is 0 Å². The molecule has 114 valence electrons. The third-order valence-corrected chi connectivity index (χ3v) is 6.24. The van der Waals surface area contributed by atoms with Crippen LogP contribution in [-0.2, 0) is 6.42 Å². The van der Waals surface area contributed by atoms with Crippen LogP contribution in [0.2, 0.25) is 0 Å². The normalized spacial score (nSPS) is 36.8. The Hall–Kier alpha value is -0.860. The van der Waals surface area contributed by atoms with E-state index in [9.17, 15) is 5.11 Å². The largest absolute Gasteiger partial charge is 0.387 e. The molecule has 2 heteroatoms. The van der Waals surface area contributed by atoms with Crippen molar-refractivity contribution in [3.63, 3.8) is 0 Å². The average molecular weight is 285 g/mol. The van der Waals surface area contributed by atoms with E-state index >= 15 is 0 Å². The summed E-state index contributed by atoms with van der Waals surface area (Å²) in [5, 5.41) is 10.8. The van der Waals surface area contributed by atoms with Crippen molar-refractivity contribution >= 4 is 0 Å². The fourth-order valence-corrected chi connectivity index (χ4v) is 5.03. The summed E-state index contributed by atoms with van der Waals surface area (Å²) in [4.78, 5) is 2.62. The lowest BCUT2D eigenvalue weighted by Gasteiger charge is -2.46. The van der Waals surface area contributed by atoms with Gasteiger partial charge >= 0.3 is 0 Å². The number of likely N-dealkylation sites (tertiary alicyclic amines) is 1. The van der Waals surface area contributed by atoms with Gasteiger partial charge in [-0.3, -0.25) is 4.90 Å². The van der Waals surface area contributed by atoms with Gasteiger partial charge in [0.25, 0.3) is 0 Å². The molecule has 1 saturated heterocycles. The molecule has 1 N–H and O–H groups in total. The first-order chi connectivity index (χ1) is 10.3. The summed E-state index contributed by atoms with van der Waals surface area (Å²) >= 11 is 0. The molecule has 1 aromatic rings. The molecule has 1 heterocycles. The van der Waals surface area contributed by atoms with E-state index in [4.69, 9.17) is 0 Å². The average Bonchev–Trinajstić information content (AvgIpc) is 2.55. The first-order valence-corrected chi connectivity index (χ1v) is 8.83. The van der Waals surface area contributed by atoms with Crippen LogP contribution in [0, 0.1) is 11.8 Å². The zero-order valence-corrected chi connectivity index (χ0v) is 12.9. The Morgan fingerprint density at radius 1 is 0.952 bits per heavy atom. The zero-order valence-electron chi connectivity index (χ0n) is 12.9. The predicted molar refractivity (Wildman–Crippen MR) is 85.1 cm³/mol. The summed E-state index contributed by atoms with van der Waals surface area (Å²) < 4.78 is 0. The Morgan fingerprint density at radius 2 is 1.76 bits per heavy atom. The van der Waals surface area contributed by atoms with Crippen LogP contribution in [0.1, 0.15) is 55.8 Å². The van der Waals surface area contributed by atoms with Crippen molar-refractivity contribution in [3.8, 4) is 0 Å². The first kappa shape index (κ1) is 13.8. The van der Waals surface area contributed by atoms with E-state index in [0.717, 1.165) is 24.7 Å². The van der Waals surface area contributed by atoms with E-state index in [1.807, 2.05) is 0 Å². The van der Waals surface area contributed by atoms with Crippen LogP contribution in [0.25, 0.3) is 0 Å². The van der Waals surface area contributed by atoms with Gasteiger partial charge in [-0.05, 0) is 55.2 Å². The third kappa shape index (κ3) is 2.53. The number of fused-ring (bicyclic) bond motifs is 2. The van der Waals surface area contributed by atoms with Crippen LogP contribution in [0.15, 0.2) is 24.3 Å². The van der Waals surface area contributed by atoms with Gasteiger partial charge < -0.3 is 5.11 Å². The molecule has 1 saturated carbocycles. The molecule has 4 atom stereocenters. The van der Waals surface area contributed by atoms with Crippen LogP contribution >= 0.6 is 0 Å². The predicted octanol–water partition coefficient (Wildman–Crippen LogP) is 3.55. The number of hydrogen-bond donors (Lipinski definition) is 1. The number of piperidine rings is 1. The molecule has 0 radical (unpaired) electrons. The minimum absolute atomic E-state index is 0.282. The van der Waals surface area contributed by atoms with Crippen molar-refractivity contribution in [1.29, 1.82) is 0 Å². The van der Waals surface area contributed by atoms with Crippen molar-refractivity contribution in [3.05, 3.63) is 35.4 Å². The van der Waals surface area contributed by atoms with E-state index in [-0.39, 0.29) is 6.10 Å². The molecule has 2 aliphatic carbocycles. The minimum Gasteiger partial charge on any atom is -0.387 e. The summed E-state index contributed by atoms with van der Waals surface area (Å²) in [6.45, 7) is 2.43. The van der Waals surface area contributed by atoms with Crippen LogP contribution < -0.4 is 0 Å². The maximum atomic E-state index is 10.8. The Morgan fingerprint density at radius 3 is 2.67 bits per heavy atom. The van der Waals surface area contributed by atoms with Crippen LogP contribution in [-0.4, -0.2) is 29.1 Å². The summed E-state index contributed by atoms with van der Waals surface area (Å²) in [6.07, 6.45) is 9.06. The second-order valence-electron chi connectivity index (χ2n) is 7.34. The molecule has 4 unspecified atom stereocenters. The topological polar surface area (TPSA) is 23.5 Å². The van der Waals surface area contributed by atoms with Crippen molar-refractivity contribution in [1.82, 2.24) is 4.90 Å². The number of aryl methyl sites for hydroxylation is 1. The molecule has 4 rings (SSSR count). The Labute approximate surface area is 128 Å². The van der Waals surface area contributed by atoms with Crippen molar-refractivity contribution in [2.75, 3.05) is 13.1 Å². The minimum atomic E-state index is -0.282. The fraction of sp³-hybridized carbons (Fsp3) is 0.684. The van der Waals surface area contributed by atoms with Crippen molar-refractivity contribution < 1.29 is 5.11 Å². The van der Waals surface area contributed by atoms with Crippen LogP contribution in [0.3, 0.4) is 0 Å². The zero-order chi connectivity index (χ0) is 14.2.